The molecular weight excluding hydrogens is 476 g/mol. The van der Waals surface area contributed by atoms with Crippen LogP contribution in [0.15, 0.2) is 63.3 Å². The number of rotatable bonds is 8. The van der Waals surface area contributed by atoms with Crippen molar-refractivity contribution >= 4 is 57.1 Å². The fourth-order valence-corrected chi connectivity index (χ4v) is 3.27. The van der Waals surface area contributed by atoms with Crippen molar-refractivity contribution in [3.63, 3.8) is 0 Å². The zero-order chi connectivity index (χ0) is 21.5. The number of non-ortho nitro benzene ring substituents is 1. The van der Waals surface area contributed by atoms with E-state index in [4.69, 9.17) is 5.84 Å². The molecule has 0 bridgehead atoms. The van der Waals surface area contributed by atoms with Gasteiger partial charge in [-0.2, -0.15) is 5.10 Å². The summed E-state index contributed by atoms with van der Waals surface area (Å²) in [4.78, 5) is 22.2. The van der Waals surface area contributed by atoms with Crippen LogP contribution in [0.5, 0.6) is 0 Å². The highest BCUT2D eigenvalue weighted by Crippen LogP contribution is 2.19. The zero-order valence-electron chi connectivity index (χ0n) is 15.2. The van der Waals surface area contributed by atoms with Crippen LogP contribution in [0.1, 0.15) is 5.56 Å². The summed E-state index contributed by atoms with van der Waals surface area (Å²) < 4.78 is 2.11. The summed E-state index contributed by atoms with van der Waals surface area (Å²) >= 11 is 4.46. The molecule has 0 radical (unpaired) electrons. The molecule has 0 saturated heterocycles. The lowest BCUT2D eigenvalue weighted by Crippen LogP contribution is -2.16. The van der Waals surface area contributed by atoms with Gasteiger partial charge in [0.05, 0.1) is 16.9 Å². The summed E-state index contributed by atoms with van der Waals surface area (Å²) in [5, 5.41) is 25.5. The number of nitro groups is 1. The van der Waals surface area contributed by atoms with Crippen LogP contribution in [0, 0.1) is 10.1 Å². The number of aromatic nitrogens is 3. The Kier molecular flexibility index (Phi) is 6.98. The van der Waals surface area contributed by atoms with E-state index in [0.717, 1.165) is 21.8 Å². The van der Waals surface area contributed by atoms with Crippen molar-refractivity contribution in [3.8, 4) is 0 Å². The second kappa shape index (κ2) is 9.84. The monoisotopic (exact) mass is 490 g/mol. The molecule has 0 spiro atoms. The van der Waals surface area contributed by atoms with Gasteiger partial charge in [0.25, 0.3) is 11.6 Å². The Balaban J connectivity index is 1.51. The van der Waals surface area contributed by atoms with Gasteiger partial charge in [-0.25, -0.2) is 10.1 Å². The van der Waals surface area contributed by atoms with Crippen molar-refractivity contribution < 1.29 is 9.72 Å². The molecule has 1 amide bonds. The number of nitro benzene ring substituents is 1. The first-order valence-electron chi connectivity index (χ1n) is 8.34. The number of anilines is 2. The van der Waals surface area contributed by atoms with Crippen molar-refractivity contribution in [2.45, 2.75) is 5.16 Å². The summed E-state index contributed by atoms with van der Waals surface area (Å²) in [7, 11) is 0. The van der Waals surface area contributed by atoms with E-state index in [0.29, 0.717) is 10.8 Å². The van der Waals surface area contributed by atoms with Crippen LogP contribution in [-0.4, -0.2) is 37.7 Å². The first-order chi connectivity index (χ1) is 14.4. The number of hydrogen-bond donors (Lipinski definition) is 3. The van der Waals surface area contributed by atoms with Gasteiger partial charge in [-0.1, -0.05) is 39.8 Å². The van der Waals surface area contributed by atoms with Crippen molar-refractivity contribution in [1.82, 2.24) is 14.9 Å². The summed E-state index contributed by atoms with van der Waals surface area (Å²) in [5.74, 6) is 5.83. The maximum absolute atomic E-state index is 12.1. The highest BCUT2D eigenvalue weighted by molar-refractivity contribution is 9.10. The third-order valence-electron chi connectivity index (χ3n) is 3.59. The van der Waals surface area contributed by atoms with Gasteiger partial charge >= 0.3 is 0 Å². The third kappa shape index (κ3) is 5.78. The van der Waals surface area contributed by atoms with Crippen LogP contribution in [0.4, 0.5) is 17.3 Å². The largest absolute Gasteiger partial charge is 0.334 e. The van der Waals surface area contributed by atoms with Crippen LogP contribution in [-0.2, 0) is 4.79 Å². The lowest BCUT2D eigenvalue weighted by molar-refractivity contribution is -0.384. The molecule has 2 aromatic carbocycles. The summed E-state index contributed by atoms with van der Waals surface area (Å²) in [6, 6.07) is 13.1. The molecule has 0 fully saturated rings. The Morgan fingerprint density at radius 1 is 1.30 bits per heavy atom. The molecule has 3 aromatic rings. The molecule has 1 heterocycles. The molecule has 0 aliphatic heterocycles. The fourth-order valence-electron chi connectivity index (χ4n) is 2.20. The Labute approximate surface area is 183 Å². The average Bonchev–Trinajstić information content (AvgIpc) is 3.06. The Morgan fingerprint density at radius 3 is 2.77 bits per heavy atom. The normalized spacial score (nSPS) is 10.8. The second-order valence-corrected chi connectivity index (χ2v) is 7.60. The lowest BCUT2D eigenvalue weighted by atomic mass is 10.2. The molecule has 0 unspecified atom stereocenters. The number of benzene rings is 2. The molecule has 3 rings (SSSR count). The molecule has 0 atom stereocenters. The molecule has 1 aromatic heterocycles. The maximum atomic E-state index is 12.1. The van der Waals surface area contributed by atoms with Crippen LogP contribution < -0.4 is 16.6 Å². The standard InChI is InChI=1S/C17H15BrN8O3S/c18-12-3-1-2-11(8-12)9-20-22-16-23-24-17(25(16)19)30-10-15(27)21-13-4-6-14(7-5-13)26(28)29/h1-9H,10,19H2,(H,21,27)(H,22,23)/b20-9+. The number of halogens is 1. The third-order valence-corrected chi connectivity index (χ3v) is 5.02. The maximum Gasteiger partial charge on any atom is 0.269 e. The molecule has 0 aliphatic carbocycles. The number of nitrogens with two attached hydrogens (primary N) is 1. The van der Waals surface area contributed by atoms with Crippen molar-refractivity contribution in [2.24, 2.45) is 5.10 Å². The number of carbonyl (C=O) groups excluding carboxylic acids is 1. The first-order valence-corrected chi connectivity index (χ1v) is 10.1. The fraction of sp³-hybridized carbons (Fsp3) is 0.0588. The van der Waals surface area contributed by atoms with Gasteiger partial charge in [0.2, 0.25) is 11.1 Å². The minimum Gasteiger partial charge on any atom is -0.334 e. The number of hydrazone groups is 1. The van der Waals surface area contributed by atoms with Crippen LogP contribution in [0.2, 0.25) is 0 Å². The predicted molar refractivity (Wildman–Crippen MR) is 118 cm³/mol. The SMILES string of the molecule is Nn1c(N/N=C/c2cccc(Br)c2)nnc1SCC(=O)Nc1ccc([N+](=O)[O-])cc1. The smallest absolute Gasteiger partial charge is 0.269 e. The minimum atomic E-state index is -0.510. The van der Waals surface area contributed by atoms with E-state index in [9.17, 15) is 14.9 Å². The van der Waals surface area contributed by atoms with E-state index in [-0.39, 0.29) is 23.3 Å². The molecular formula is C17H15BrN8O3S. The molecule has 30 heavy (non-hydrogen) atoms. The van der Waals surface area contributed by atoms with Gasteiger partial charge in [-0.3, -0.25) is 14.9 Å². The molecule has 154 valence electrons. The van der Waals surface area contributed by atoms with Crippen LogP contribution in [0.3, 0.4) is 0 Å². The van der Waals surface area contributed by atoms with Crippen molar-refractivity contribution in [1.29, 1.82) is 0 Å². The van der Waals surface area contributed by atoms with Gasteiger partial charge in [0.15, 0.2) is 0 Å². The van der Waals surface area contributed by atoms with Gasteiger partial charge in [0, 0.05) is 22.3 Å². The highest BCUT2D eigenvalue weighted by Gasteiger charge is 2.12. The number of nitrogens with zero attached hydrogens (tertiary/aromatic N) is 5. The summed E-state index contributed by atoms with van der Waals surface area (Å²) in [5.41, 5.74) is 3.96. The van der Waals surface area contributed by atoms with Crippen molar-refractivity contribution in [2.75, 3.05) is 22.3 Å². The minimum absolute atomic E-state index is 0.0215. The quantitative estimate of drug-likeness (QED) is 0.143. The number of amides is 1. The number of nitrogens with one attached hydrogen (secondary N) is 2. The Morgan fingerprint density at radius 2 is 2.07 bits per heavy atom. The van der Waals surface area contributed by atoms with Gasteiger partial charge in [0.1, 0.15) is 0 Å². The Bertz CT molecular complexity index is 1090. The van der Waals surface area contributed by atoms with E-state index >= 15 is 0 Å². The van der Waals surface area contributed by atoms with E-state index < -0.39 is 4.92 Å². The average molecular weight is 491 g/mol. The van der Waals surface area contributed by atoms with Crippen molar-refractivity contribution in [3.05, 3.63) is 68.7 Å². The summed E-state index contributed by atoms with van der Waals surface area (Å²) in [6.07, 6.45) is 1.60. The van der Waals surface area contributed by atoms with E-state index in [2.05, 4.69) is 42.0 Å². The lowest BCUT2D eigenvalue weighted by Gasteiger charge is -2.05. The number of hydrogen-bond acceptors (Lipinski definition) is 9. The molecule has 0 aliphatic rings. The number of nitrogen functional groups attached to an aromatic ring is 1. The van der Waals surface area contributed by atoms with E-state index in [1.54, 1.807) is 6.21 Å². The topological polar surface area (TPSA) is 153 Å². The highest BCUT2D eigenvalue weighted by atomic mass is 79.9. The van der Waals surface area contributed by atoms with Gasteiger partial charge in [-0.15, -0.1) is 10.2 Å². The van der Waals surface area contributed by atoms with E-state index in [1.807, 2.05) is 24.3 Å². The van der Waals surface area contributed by atoms with Crippen LogP contribution in [0.25, 0.3) is 0 Å². The van der Waals surface area contributed by atoms with Gasteiger partial charge in [-0.05, 0) is 29.8 Å². The molecule has 11 nitrogen and oxygen atoms in total. The van der Waals surface area contributed by atoms with E-state index in [1.165, 1.54) is 28.9 Å². The molecule has 4 N–H and O–H groups in total. The number of thioether (sulfide) groups is 1. The van der Waals surface area contributed by atoms with Crippen LogP contribution >= 0.6 is 27.7 Å². The first kappa shape index (κ1) is 21.3. The zero-order valence-corrected chi connectivity index (χ0v) is 17.6. The molecule has 13 heteroatoms. The predicted octanol–water partition coefficient (Wildman–Crippen LogP) is 2.84. The Hall–Kier alpha value is -3.45. The second-order valence-electron chi connectivity index (χ2n) is 5.74. The number of carbonyl (C=O) groups is 1. The van der Waals surface area contributed by atoms with Gasteiger partial charge < -0.3 is 11.2 Å². The molecule has 0 saturated carbocycles. The summed E-state index contributed by atoms with van der Waals surface area (Å²) in [6.45, 7) is 0.